The van der Waals surface area contributed by atoms with E-state index in [-0.39, 0.29) is 11.5 Å². The Balaban J connectivity index is 2.15. The van der Waals surface area contributed by atoms with Gasteiger partial charge in [0.2, 0.25) is 0 Å². The molecule has 8 heteroatoms. The highest BCUT2D eigenvalue weighted by atomic mass is 19.4. The summed E-state index contributed by atoms with van der Waals surface area (Å²) < 4.78 is 41.1. The van der Waals surface area contributed by atoms with Crippen molar-refractivity contribution >= 4 is 17.4 Å². The van der Waals surface area contributed by atoms with Crippen LogP contribution in [0, 0.1) is 6.92 Å². The quantitative estimate of drug-likeness (QED) is 0.684. The predicted octanol–water partition coefficient (Wildman–Crippen LogP) is 4.67. The average Bonchev–Trinajstić information content (AvgIpc) is 2.90. The fraction of sp³-hybridized carbons (Fsp3) is 0.368. The molecule has 27 heavy (non-hydrogen) atoms. The molecule has 1 heterocycles. The predicted molar refractivity (Wildman–Crippen MR) is 95.5 cm³/mol. The van der Waals surface area contributed by atoms with Crippen molar-refractivity contribution in [2.45, 2.75) is 39.8 Å². The zero-order valence-electron chi connectivity index (χ0n) is 15.3. The molecule has 0 aliphatic rings. The van der Waals surface area contributed by atoms with E-state index in [1.54, 1.807) is 6.92 Å². The number of ketones is 1. The van der Waals surface area contributed by atoms with E-state index >= 15 is 0 Å². The van der Waals surface area contributed by atoms with Gasteiger partial charge in [-0.25, -0.2) is 0 Å². The Kier molecular flexibility index (Phi) is 6.30. The molecule has 1 aromatic heterocycles. The largest absolute Gasteiger partial charge is 0.484 e. The molecule has 1 aromatic carbocycles. The van der Waals surface area contributed by atoms with Gasteiger partial charge in [-0.15, -0.1) is 0 Å². The highest BCUT2D eigenvalue weighted by Gasteiger charge is 2.28. The van der Waals surface area contributed by atoms with Gasteiger partial charge in [0, 0.05) is 16.9 Å². The van der Waals surface area contributed by atoms with Gasteiger partial charge in [-0.2, -0.15) is 13.2 Å². The SMILES string of the molecule is CCCc1c(C(=O)Nc2ccc(OCC(F)(F)F)cc2)[nH]c(C)c1C(C)=O. The minimum Gasteiger partial charge on any atom is -0.484 e. The summed E-state index contributed by atoms with van der Waals surface area (Å²) in [4.78, 5) is 27.5. The van der Waals surface area contributed by atoms with Crippen molar-refractivity contribution in [3.05, 3.63) is 46.8 Å². The van der Waals surface area contributed by atoms with E-state index in [4.69, 9.17) is 0 Å². The van der Waals surface area contributed by atoms with Crippen LogP contribution in [0.25, 0.3) is 0 Å². The molecule has 146 valence electrons. The van der Waals surface area contributed by atoms with Gasteiger partial charge >= 0.3 is 6.18 Å². The number of alkyl halides is 3. The van der Waals surface area contributed by atoms with E-state index in [0.717, 1.165) is 6.42 Å². The molecule has 0 fully saturated rings. The first-order chi connectivity index (χ1) is 12.6. The molecule has 0 saturated carbocycles. The minimum atomic E-state index is -4.41. The lowest BCUT2D eigenvalue weighted by atomic mass is 10.0. The van der Waals surface area contributed by atoms with Crippen LogP contribution in [-0.2, 0) is 6.42 Å². The fourth-order valence-corrected chi connectivity index (χ4v) is 2.84. The monoisotopic (exact) mass is 382 g/mol. The smallest absolute Gasteiger partial charge is 0.422 e. The number of nitrogens with one attached hydrogen (secondary N) is 2. The van der Waals surface area contributed by atoms with Gasteiger partial charge in [-0.05, 0) is 50.1 Å². The van der Waals surface area contributed by atoms with E-state index in [2.05, 4.69) is 15.0 Å². The lowest BCUT2D eigenvalue weighted by Gasteiger charge is -2.10. The zero-order valence-corrected chi connectivity index (χ0v) is 15.3. The summed E-state index contributed by atoms with van der Waals surface area (Å²) in [6, 6.07) is 5.58. The third kappa shape index (κ3) is 5.35. The molecule has 0 aliphatic heterocycles. The van der Waals surface area contributed by atoms with Gasteiger partial charge in [0.25, 0.3) is 5.91 Å². The molecular weight excluding hydrogens is 361 g/mol. The Morgan fingerprint density at radius 2 is 1.81 bits per heavy atom. The number of rotatable bonds is 7. The zero-order chi connectivity index (χ0) is 20.2. The Bertz CT molecular complexity index is 824. The summed E-state index contributed by atoms with van der Waals surface area (Å²) in [6.45, 7) is 3.76. The normalized spacial score (nSPS) is 11.3. The second-order valence-electron chi connectivity index (χ2n) is 6.17. The molecule has 0 spiro atoms. The number of carbonyl (C=O) groups is 2. The number of halogens is 3. The Hall–Kier alpha value is -2.77. The van der Waals surface area contributed by atoms with Crippen LogP contribution in [0.3, 0.4) is 0 Å². The summed E-state index contributed by atoms with van der Waals surface area (Å²) in [5.74, 6) is -0.484. The number of hydrogen-bond donors (Lipinski definition) is 2. The van der Waals surface area contributed by atoms with Crippen molar-refractivity contribution in [2.24, 2.45) is 0 Å². The summed E-state index contributed by atoms with van der Waals surface area (Å²) in [5, 5.41) is 2.68. The Morgan fingerprint density at radius 3 is 2.33 bits per heavy atom. The second kappa shape index (κ2) is 8.28. The van der Waals surface area contributed by atoms with E-state index < -0.39 is 18.7 Å². The van der Waals surface area contributed by atoms with Crippen LogP contribution in [0.1, 0.15) is 52.4 Å². The van der Waals surface area contributed by atoms with Crippen LogP contribution in [0.2, 0.25) is 0 Å². The molecule has 0 saturated heterocycles. The van der Waals surface area contributed by atoms with E-state index in [1.165, 1.54) is 31.2 Å². The number of aromatic amines is 1. The maximum atomic E-state index is 12.6. The van der Waals surface area contributed by atoms with Crippen LogP contribution in [0.5, 0.6) is 5.75 Å². The van der Waals surface area contributed by atoms with E-state index in [1.807, 2.05) is 6.92 Å². The van der Waals surface area contributed by atoms with Crippen LogP contribution in [0.15, 0.2) is 24.3 Å². The first-order valence-corrected chi connectivity index (χ1v) is 8.45. The number of benzene rings is 1. The molecule has 2 rings (SSSR count). The Morgan fingerprint density at radius 1 is 1.19 bits per heavy atom. The van der Waals surface area contributed by atoms with Crippen LogP contribution in [-0.4, -0.2) is 29.5 Å². The van der Waals surface area contributed by atoms with Gasteiger partial charge in [0.1, 0.15) is 11.4 Å². The van der Waals surface area contributed by atoms with E-state index in [0.29, 0.717) is 34.6 Å². The number of anilines is 1. The summed E-state index contributed by atoms with van der Waals surface area (Å²) >= 11 is 0. The van der Waals surface area contributed by atoms with Crippen molar-refractivity contribution in [3.63, 3.8) is 0 Å². The molecule has 0 unspecified atom stereocenters. The molecule has 5 nitrogen and oxygen atoms in total. The maximum Gasteiger partial charge on any atom is 0.422 e. The fourth-order valence-electron chi connectivity index (χ4n) is 2.84. The summed E-state index contributed by atoms with van der Waals surface area (Å²) in [6.07, 6.45) is -3.07. The molecule has 2 N–H and O–H groups in total. The van der Waals surface area contributed by atoms with Gasteiger partial charge in [0.15, 0.2) is 12.4 Å². The van der Waals surface area contributed by atoms with Gasteiger partial charge < -0.3 is 15.0 Å². The second-order valence-corrected chi connectivity index (χ2v) is 6.17. The number of aromatic nitrogens is 1. The number of aryl methyl sites for hydroxylation is 1. The molecule has 1 amide bonds. The molecule has 0 atom stereocenters. The first-order valence-electron chi connectivity index (χ1n) is 8.45. The number of amides is 1. The molecule has 2 aromatic rings. The van der Waals surface area contributed by atoms with Gasteiger partial charge in [-0.3, -0.25) is 9.59 Å². The third-order valence-corrected chi connectivity index (χ3v) is 3.88. The van der Waals surface area contributed by atoms with Crippen LogP contribution < -0.4 is 10.1 Å². The molecule has 0 aliphatic carbocycles. The number of Topliss-reactive ketones (excluding diaryl/α,β-unsaturated/α-hetero) is 1. The molecule has 0 radical (unpaired) electrons. The van der Waals surface area contributed by atoms with Gasteiger partial charge in [0.05, 0.1) is 0 Å². The topological polar surface area (TPSA) is 71.2 Å². The lowest BCUT2D eigenvalue weighted by Crippen LogP contribution is -2.19. The number of H-pyrrole nitrogens is 1. The van der Waals surface area contributed by atoms with Crippen molar-refractivity contribution < 1.29 is 27.5 Å². The van der Waals surface area contributed by atoms with Crippen molar-refractivity contribution in [3.8, 4) is 5.75 Å². The molecule has 0 bridgehead atoms. The number of carbonyl (C=O) groups excluding carboxylic acids is 2. The highest BCUT2D eigenvalue weighted by Crippen LogP contribution is 2.24. The third-order valence-electron chi connectivity index (χ3n) is 3.88. The van der Waals surface area contributed by atoms with Crippen LogP contribution in [0.4, 0.5) is 18.9 Å². The summed E-state index contributed by atoms with van der Waals surface area (Å²) in [5.41, 5.74) is 2.55. The Labute approximate surface area is 154 Å². The lowest BCUT2D eigenvalue weighted by molar-refractivity contribution is -0.153. The van der Waals surface area contributed by atoms with Crippen LogP contribution >= 0.6 is 0 Å². The van der Waals surface area contributed by atoms with Crippen molar-refractivity contribution in [2.75, 3.05) is 11.9 Å². The standard InChI is InChI=1S/C19H21F3N2O3/c1-4-5-15-16(12(3)25)11(2)23-17(15)18(26)24-13-6-8-14(9-7-13)27-10-19(20,21)22/h6-9,23H,4-5,10H2,1-3H3,(H,24,26). The van der Waals surface area contributed by atoms with Crippen molar-refractivity contribution in [1.29, 1.82) is 0 Å². The number of ether oxygens (including phenoxy) is 1. The summed E-state index contributed by atoms with van der Waals surface area (Å²) in [7, 11) is 0. The molecular formula is C19H21F3N2O3. The maximum absolute atomic E-state index is 12.6. The van der Waals surface area contributed by atoms with Crippen molar-refractivity contribution in [1.82, 2.24) is 4.98 Å². The number of hydrogen-bond acceptors (Lipinski definition) is 3. The first kappa shape index (κ1) is 20.5. The van der Waals surface area contributed by atoms with Gasteiger partial charge in [-0.1, -0.05) is 13.3 Å². The highest BCUT2D eigenvalue weighted by molar-refractivity contribution is 6.07. The minimum absolute atomic E-state index is 0.0478. The van der Waals surface area contributed by atoms with E-state index in [9.17, 15) is 22.8 Å². The average molecular weight is 382 g/mol.